The Balaban J connectivity index is 1.90. The number of ether oxygens (including phenoxy) is 1. The number of amides is 1. The summed E-state index contributed by atoms with van der Waals surface area (Å²) in [5, 5.41) is 5.46. The first-order chi connectivity index (χ1) is 9.71. The number of nitrogens with zero attached hydrogens (tertiary/aromatic N) is 1. The molecule has 0 aliphatic heterocycles. The molecule has 1 aromatic carbocycles. The second-order valence-electron chi connectivity index (χ2n) is 4.15. The van der Waals surface area contributed by atoms with Gasteiger partial charge in [-0.2, -0.15) is 11.8 Å². The van der Waals surface area contributed by atoms with Crippen LogP contribution >= 0.6 is 23.1 Å². The molecule has 0 aliphatic rings. The summed E-state index contributed by atoms with van der Waals surface area (Å²) in [6.07, 6.45) is 2.36. The third kappa shape index (κ3) is 4.25. The van der Waals surface area contributed by atoms with Crippen molar-refractivity contribution in [1.82, 2.24) is 4.98 Å². The summed E-state index contributed by atoms with van der Waals surface area (Å²) < 4.78 is 5.08. The molecule has 0 saturated heterocycles. The Hall–Kier alpha value is -1.53. The number of thioether (sulfide) groups is 1. The quantitative estimate of drug-likeness (QED) is 0.890. The number of hydrogen-bond acceptors (Lipinski definition) is 5. The van der Waals surface area contributed by atoms with E-state index in [-0.39, 0.29) is 5.91 Å². The Bertz CT molecular complexity index is 567. The smallest absolute Gasteiger partial charge is 0.230 e. The number of aromatic nitrogens is 1. The first-order valence-corrected chi connectivity index (χ1v) is 8.34. The van der Waals surface area contributed by atoms with Gasteiger partial charge >= 0.3 is 0 Å². The van der Waals surface area contributed by atoms with Crippen molar-refractivity contribution in [2.75, 3.05) is 18.7 Å². The van der Waals surface area contributed by atoms with E-state index in [1.807, 2.05) is 35.9 Å². The number of nitrogens with one attached hydrogen (secondary N) is 1. The number of benzene rings is 1. The second kappa shape index (κ2) is 7.31. The van der Waals surface area contributed by atoms with E-state index >= 15 is 0 Å². The van der Waals surface area contributed by atoms with Crippen LogP contribution in [0.15, 0.2) is 29.6 Å². The summed E-state index contributed by atoms with van der Waals surface area (Å²) in [5.74, 6) is 1.60. The van der Waals surface area contributed by atoms with E-state index in [0.717, 1.165) is 22.8 Å². The molecule has 0 fully saturated rings. The lowest BCUT2D eigenvalue weighted by atomic mass is 10.1. The molecule has 0 bridgehead atoms. The highest BCUT2D eigenvalue weighted by atomic mass is 32.2. The molecule has 106 valence electrons. The Morgan fingerprint density at radius 3 is 2.80 bits per heavy atom. The Labute approximate surface area is 126 Å². The van der Waals surface area contributed by atoms with Crippen LogP contribution < -0.4 is 10.1 Å². The van der Waals surface area contributed by atoms with E-state index in [1.54, 1.807) is 18.9 Å². The van der Waals surface area contributed by atoms with E-state index in [0.29, 0.717) is 11.6 Å². The average molecular weight is 308 g/mol. The lowest BCUT2D eigenvalue weighted by molar-refractivity contribution is -0.115. The fraction of sp³-hybridized carbons (Fsp3) is 0.286. The van der Waals surface area contributed by atoms with Gasteiger partial charge in [-0.15, -0.1) is 11.3 Å². The van der Waals surface area contributed by atoms with E-state index in [1.165, 1.54) is 11.3 Å². The third-order valence-electron chi connectivity index (χ3n) is 2.61. The van der Waals surface area contributed by atoms with Gasteiger partial charge in [-0.25, -0.2) is 4.98 Å². The maximum absolute atomic E-state index is 11.9. The van der Waals surface area contributed by atoms with Crippen molar-refractivity contribution in [2.45, 2.75) is 12.2 Å². The molecular formula is C14H16N2O2S2. The lowest BCUT2D eigenvalue weighted by Crippen LogP contribution is -2.14. The first kappa shape index (κ1) is 14.9. The molecule has 0 saturated carbocycles. The summed E-state index contributed by atoms with van der Waals surface area (Å²) in [6, 6.07) is 7.48. The van der Waals surface area contributed by atoms with Crippen molar-refractivity contribution in [1.29, 1.82) is 0 Å². The van der Waals surface area contributed by atoms with Gasteiger partial charge in [0.25, 0.3) is 0 Å². The van der Waals surface area contributed by atoms with Gasteiger partial charge in [0.15, 0.2) is 5.13 Å². The predicted octanol–water partition coefficient (Wildman–Crippen LogP) is 3.20. The molecule has 2 rings (SSSR count). The lowest BCUT2D eigenvalue weighted by Gasteiger charge is -2.03. The minimum absolute atomic E-state index is 0.0554. The van der Waals surface area contributed by atoms with Crippen molar-refractivity contribution in [3.63, 3.8) is 0 Å². The molecule has 2 aromatic rings. The van der Waals surface area contributed by atoms with Gasteiger partial charge in [-0.05, 0) is 24.0 Å². The Kier molecular flexibility index (Phi) is 5.43. The molecule has 1 N–H and O–H groups in total. The van der Waals surface area contributed by atoms with Crippen molar-refractivity contribution < 1.29 is 9.53 Å². The van der Waals surface area contributed by atoms with Crippen LogP contribution in [0, 0.1) is 0 Å². The highest BCUT2D eigenvalue weighted by Gasteiger charge is 2.07. The minimum Gasteiger partial charge on any atom is -0.497 e. The summed E-state index contributed by atoms with van der Waals surface area (Å²) in [5.41, 5.74) is 1.95. The standard InChI is InChI=1S/C14H16N2O2S2/c1-18-12-5-3-10(4-6-12)7-13(17)16-14-15-11(8-19-2)9-20-14/h3-6,9H,7-8H2,1-2H3,(H,15,16,17). The van der Waals surface area contributed by atoms with Crippen molar-refractivity contribution in [3.8, 4) is 5.75 Å². The molecule has 1 heterocycles. The maximum Gasteiger partial charge on any atom is 0.230 e. The van der Waals surface area contributed by atoms with Crippen LogP contribution in [0.2, 0.25) is 0 Å². The number of carbonyl (C=O) groups excluding carboxylic acids is 1. The van der Waals surface area contributed by atoms with Crippen LogP contribution in [0.3, 0.4) is 0 Å². The molecule has 1 amide bonds. The molecule has 6 heteroatoms. The van der Waals surface area contributed by atoms with Gasteiger partial charge in [0.05, 0.1) is 19.2 Å². The van der Waals surface area contributed by atoms with Gasteiger partial charge in [0.2, 0.25) is 5.91 Å². The largest absolute Gasteiger partial charge is 0.497 e. The zero-order chi connectivity index (χ0) is 14.4. The first-order valence-electron chi connectivity index (χ1n) is 6.07. The van der Waals surface area contributed by atoms with Crippen molar-refractivity contribution >= 4 is 34.1 Å². The molecule has 4 nitrogen and oxygen atoms in total. The monoisotopic (exact) mass is 308 g/mol. The number of hydrogen-bond donors (Lipinski definition) is 1. The molecule has 0 aliphatic carbocycles. The molecule has 0 radical (unpaired) electrons. The van der Waals surface area contributed by atoms with Crippen LogP contribution in [0.4, 0.5) is 5.13 Å². The van der Waals surface area contributed by atoms with Gasteiger partial charge in [0.1, 0.15) is 5.75 Å². The van der Waals surface area contributed by atoms with Crippen molar-refractivity contribution in [2.24, 2.45) is 0 Å². The topological polar surface area (TPSA) is 51.2 Å². The van der Waals surface area contributed by atoms with E-state index in [4.69, 9.17) is 4.74 Å². The van der Waals surface area contributed by atoms with E-state index in [9.17, 15) is 4.79 Å². The molecule has 0 spiro atoms. The summed E-state index contributed by atoms with van der Waals surface area (Å²) >= 11 is 3.17. The van der Waals surface area contributed by atoms with E-state index in [2.05, 4.69) is 10.3 Å². The van der Waals surface area contributed by atoms with Gasteiger partial charge in [-0.3, -0.25) is 4.79 Å². The van der Waals surface area contributed by atoms with Crippen LogP contribution in [-0.4, -0.2) is 24.3 Å². The van der Waals surface area contributed by atoms with Crippen LogP contribution in [-0.2, 0) is 17.0 Å². The molecule has 0 atom stereocenters. The predicted molar refractivity (Wildman–Crippen MR) is 84.7 cm³/mol. The van der Waals surface area contributed by atoms with E-state index < -0.39 is 0 Å². The summed E-state index contributed by atoms with van der Waals surface area (Å²) in [6.45, 7) is 0. The molecule has 20 heavy (non-hydrogen) atoms. The highest BCUT2D eigenvalue weighted by molar-refractivity contribution is 7.97. The summed E-state index contributed by atoms with van der Waals surface area (Å²) in [4.78, 5) is 16.3. The van der Waals surface area contributed by atoms with Gasteiger partial charge < -0.3 is 10.1 Å². The second-order valence-corrected chi connectivity index (χ2v) is 5.87. The third-order valence-corrected chi connectivity index (χ3v) is 4.01. The zero-order valence-corrected chi connectivity index (χ0v) is 13.0. The van der Waals surface area contributed by atoms with Gasteiger partial charge in [0, 0.05) is 11.1 Å². The van der Waals surface area contributed by atoms with Crippen molar-refractivity contribution in [3.05, 3.63) is 40.9 Å². The summed E-state index contributed by atoms with van der Waals surface area (Å²) in [7, 11) is 1.62. The molecule has 1 aromatic heterocycles. The van der Waals surface area contributed by atoms with Gasteiger partial charge in [-0.1, -0.05) is 12.1 Å². The Morgan fingerprint density at radius 1 is 1.40 bits per heavy atom. The number of rotatable bonds is 6. The zero-order valence-electron chi connectivity index (χ0n) is 11.4. The number of anilines is 1. The number of methoxy groups -OCH3 is 1. The fourth-order valence-corrected chi connectivity index (χ4v) is 2.95. The number of thiazole rings is 1. The normalized spacial score (nSPS) is 10.3. The molecular weight excluding hydrogens is 292 g/mol. The van der Waals surface area contributed by atoms with Crippen LogP contribution in [0.5, 0.6) is 5.75 Å². The number of carbonyl (C=O) groups is 1. The van der Waals surface area contributed by atoms with Crippen LogP contribution in [0.25, 0.3) is 0 Å². The fourth-order valence-electron chi connectivity index (χ4n) is 1.67. The Morgan fingerprint density at radius 2 is 2.15 bits per heavy atom. The SMILES string of the molecule is COc1ccc(CC(=O)Nc2nc(CSC)cs2)cc1. The minimum atomic E-state index is -0.0554. The average Bonchev–Trinajstić information content (AvgIpc) is 2.87. The molecule has 0 unspecified atom stereocenters. The van der Waals surface area contributed by atoms with Crippen LogP contribution in [0.1, 0.15) is 11.3 Å². The highest BCUT2D eigenvalue weighted by Crippen LogP contribution is 2.19. The maximum atomic E-state index is 11.9.